The molecule has 3 aromatic carbocycles. The van der Waals surface area contributed by atoms with Crippen LogP contribution < -0.4 is 24.5 Å². The van der Waals surface area contributed by atoms with Crippen LogP contribution in [0.5, 0.6) is 17.2 Å². The standard InChI is InChI=1S/C28H30N6O4S/c1-33(2)21-13-11-19(12-14-21)17-29-30-25(35)18-39-28-32-31-27(34(28)22-9-7-6-8-10-22)20-15-23(36-3)26(38-5)24(16-20)37-4/h6-17H,18H2,1-5H3,(H,30,35). The number of nitrogens with zero attached hydrogens (tertiary/aromatic N) is 5. The van der Waals surface area contributed by atoms with Crippen molar-refractivity contribution in [1.29, 1.82) is 0 Å². The van der Waals surface area contributed by atoms with Gasteiger partial charge in [-0.25, -0.2) is 5.43 Å². The van der Waals surface area contributed by atoms with Gasteiger partial charge in [-0.3, -0.25) is 9.36 Å². The molecule has 1 aromatic heterocycles. The zero-order chi connectivity index (χ0) is 27.8. The minimum Gasteiger partial charge on any atom is -0.493 e. The van der Waals surface area contributed by atoms with Crippen molar-refractivity contribution in [3.8, 4) is 34.3 Å². The molecule has 11 heteroatoms. The van der Waals surface area contributed by atoms with Crippen molar-refractivity contribution in [3.63, 3.8) is 0 Å². The summed E-state index contributed by atoms with van der Waals surface area (Å²) in [6.07, 6.45) is 1.61. The molecule has 10 nitrogen and oxygen atoms in total. The lowest BCUT2D eigenvalue weighted by Crippen LogP contribution is -2.20. The number of hydrazone groups is 1. The highest BCUT2D eigenvalue weighted by molar-refractivity contribution is 7.99. The summed E-state index contributed by atoms with van der Waals surface area (Å²) in [7, 11) is 8.63. The number of aromatic nitrogens is 3. The lowest BCUT2D eigenvalue weighted by Gasteiger charge is -2.15. The molecule has 0 fully saturated rings. The zero-order valence-corrected chi connectivity index (χ0v) is 23.2. The first-order chi connectivity index (χ1) is 18.9. The highest BCUT2D eigenvalue weighted by Gasteiger charge is 2.21. The molecule has 0 aliphatic carbocycles. The molecule has 0 atom stereocenters. The molecule has 39 heavy (non-hydrogen) atoms. The highest BCUT2D eigenvalue weighted by Crippen LogP contribution is 2.41. The van der Waals surface area contributed by atoms with E-state index in [1.165, 1.54) is 11.8 Å². The lowest BCUT2D eigenvalue weighted by atomic mass is 10.1. The third-order valence-corrected chi connectivity index (χ3v) is 6.64. The number of carbonyl (C=O) groups is 1. The molecule has 0 aliphatic rings. The van der Waals surface area contributed by atoms with Gasteiger partial charge in [0, 0.05) is 31.0 Å². The Labute approximate surface area is 231 Å². The fourth-order valence-corrected chi connectivity index (χ4v) is 4.51. The Morgan fingerprint density at radius 1 is 0.974 bits per heavy atom. The second-order valence-electron chi connectivity index (χ2n) is 8.46. The van der Waals surface area contributed by atoms with Crippen LogP contribution in [0.2, 0.25) is 0 Å². The van der Waals surface area contributed by atoms with Crippen molar-refractivity contribution in [3.05, 3.63) is 72.3 Å². The largest absolute Gasteiger partial charge is 0.493 e. The number of nitrogens with one attached hydrogen (secondary N) is 1. The zero-order valence-electron chi connectivity index (χ0n) is 22.4. The van der Waals surface area contributed by atoms with Gasteiger partial charge in [0.25, 0.3) is 5.91 Å². The van der Waals surface area contributed by atoms with E-state index in [9.17, 15) is 4.79 Å². The molecule has 0 spiro atoms. The Hall–Kier alpha value is -4.51. The van der Waals surface area contributed by atoms with Crippen LogP contribution in [0.25, 0.3) is 17.1 Å². The number of anilines is 1. The number of para-hydroxylation sites is 1. The smallest absolute Gasteiger partial charge is 0.250 e. The quantitative estimate of drug-likeness (QED) is 0.169. The van der Waals surface area contributed by atoms with Crippen molar-refractivity contribution in [2.24, 2.45) is 5.10 Å². The van der Waals surface area contributed by atoms with Crippen LogP contribution in [-0.4, -0.2) is 68.1 Å². The first kappa shape index (κ1) is 27.5. The van der Waals surface area contributed by atoms with Crippen molar-refractivity contribution in [2.45, 2.75) is 5.16 Å². The highest BCUT2D eigenvalue weighted by atomic mass is 32.2. The normalized spacial score (nSPS) is 10.9. The Morgan fingerprint density at radius 3 is 2.23 bits per heavy atom. The van der Waals surface area contributed by atoms with Crippen molar-refractivity contribution >= 4 is 29.6 Å². The van der Waals surface area contributed by atoms with Gasteiger partial charge >= 0.3 is 0 Å². The van der Waals surface area contributed by atoms with Gasteiger partial charge in [0.1, 0.15) is 0 Å². The van der Waals surface area contributed by atoms with Crippen LogP contribution in [0, 0.1) is 0 Å². The molecule has 202 valence electrons. The molecule has 0 bridgehead atoms. The summed E-state index contributed by atoms with van der Waals surface area (Å²) in [5, 5.41) is 13.5. The number of hydrogen-bond acceptors (Lipinski definition) is 9. The fraction of sp³-hybridized carbons (Fsp3) is 0.214. The molecule has 0 aliphatic heterocycles. The minimum absolute atomic E-state index is 0.0944. The summed E-state index contributed by atoms with van der Waals surface area (Å²) in [6.45, 7) is 0. The predicted octanol–water partition coefficient (Wildman–Crippen LogP) is 4.27. The van der Waals surface area contributed by atoms with E-state index >= 15 is 0 Å². The number of hydrogen-bond donors (Lipinski definition) is 1. The monoisotopic (exact) mass is 546 g/mol. The average molecular weight is 547 g/mol. The number of ether oxygens (including phenoxy) is 3. The minimum atomic E-state index is -0.266. The predicted molar refractivity (Wildman–Crippen MR) is 154 cm³/mol. The number of benzene rings is 3. The molecule has 0 saturated carbocycles. The van der Waals surface area contributed by atoms with Gasteiger partial charge in [0.15, 0.2) is 22.5 Å². The van der Waals surface area contributed by atoms with Crippen molar-refractivity contribution in [2.75, 3.05) is 46.1 Å². The van der Waals surface area contributed by atoms with E-state index in [-0.39, 0.29) is 11.7 Å². The maximum atomic E-state index is 12.6. The second-order valence-corrected chi connectivity index (χ2v) is 9.40. The van der Waals surface area contributed by atoms with Gasteiger partial charge in [0.05, 0.1) is 33.3 Å². The molecule has 0 radical (unpaired) electrons. The topological polar surface area (TPSA) is 103 Å². The van der Waals surface area contributed by atoms with Gasteiger partial charge in [-0.15, -0.1) is 10.2 Å². The molecule has 1 N–H and O–H groups in total. The van der Waals surface area contributed by atoms with E-state index < -0.39 is 0 Å². The van der Waals surface area contributed by atoms with Gasteiger partial charge in [-0.05, 0) is 42.0 Å². The Morgan fingerprint density at radius 2 is 1.64 bits per heavy atom. The number of carbonyl (C=O) groups excluding carboxylic acids is 1. The van der Waals surface area contributed by atoms with Gasteiger partial charge in [-0.2, -0.15) is 5.10 Å². The molecular formula is C28H30N6O4S. The van der Waals surface area contributed by atoms with Crippen LogP contribution in [-0.2, 0) is 4.79 Å². The second kappa shape index (κ2) is 12.8. The first-order valence-corrected chi connectivity index (χ1v) is 13.0. The Kier molecular flexibility index (Phi) is 9.06. The van der Waals surface area contributed by atoms with Crippen LogP contribution >= 0.6 is 11.8 Å². The van der Waals surface area contributed by atoms with Gasteiger partial charge in [-0.1, -0.05) is 42.1 Å². The van der Waals surface area contributed by atoms with Crippen LogP contribution in [0.15, 0.2) is 77.0 Å². The third-order valence-electron chi connectivity index (χ3n) is 5.72. The number of amides is 1. The maximum absolute atomic E-state index is 12.6. The van der Waals surface area contributed by atoms with E-state index in [4.69, 9.17) is 14.2 Å². The molecule has 0 saturated heterocycles. The lowest BCUT2D eigenvalue weighted by molar-refractivity contribution is -0.118. The van der Waals surface area contributed by atoms with Crippen LogP contribution in [0.1, 0.15) is 5.56 Å². The SMILES string of the molecule is COc1cc(-c2nnc(SCC(=O)NN=Cc3ccc(N(C)C)cc3)n2-c2ccccc2)cc(OC)c1OC. The summed E-state index contributed by atoms with van der Waals surface area (Å²) in [5.74, 6) is 1.86. The summed E-state index contributed by atoms with van der Waals surface area (Å²) in [6, 6.07) is 21.1. The number of methoxy groups -OCH3 is 3. The summed E-state index contributed by atoms with van der Waals surface area (Å²) < 4.78 is 18.4. The Balaban J connectivity index is 1.55. The Bertz CT molecular complexity index is 1410. The number of thioether (sulfide) groups is 1. The molecule has 1 amide bonds. The average Bonchev–Trinajstić information content (AvgIpc) is 3.40. The maximum Gasteiger partial charge on any atom is 0.250 e. The van der Waals surface area contributed by atoms with E-state index in [0.29, 0.717) is 33.8 Å². The molecular weight excluding hydrogens is 516 g/mol. The summed E-state index contributed by atoms with van der Waals surface area (Å²) >= 11 is 1.26. The van der Waals surface area contributed by atoms with Gasteiger partial charge in [0.2, 0.25) is 5.75 Å². The van der Waals surface area contributed by atoms with E-state index in [2.05, 4.69) is 20.7 Å². The molecule has 0 unspecified atom stereocenters. The fourth-order valence-electron chi connectivity index (χ4n) is 3.77. The molecule has 4 rings (SSSR count). The first-order valence-electron chi connectivity index (χ1n) is 12.0. The van der Waals surface area contributed by atoms with Crippen molar-refractivity contribution < 1.29 is 19.0 Å². The van der Waals surface area contributed by atoms with Gasteiger partial charge < -0.3 is 19.1 Å². The van der Waals surface area contributed by atoms with E-state index in [1.807, 2.05) is 90.3 Å². The van der Waals surface area contributed by atoms with Crippen molar-refractivity contribution in [1.82, 2.24) is 20.2 Å². The van der Waals surface area contributed by atoms with Crippen LogP contribution in [0.3, 0.4) is 0 Å². The third kappa shape index (κ3) is 6.50. The summed E-state index contributed by atoms with van der Waals surface area (Å²) in [5.41, 5.74) is 6.09. The van der Waals surface area contributed by atoms with E-state index in [0.717, 1.165) is 16.9 Å². The molecule has 4 aromatic rings. The van der Waals surface area contributed by atoms with Crippen LogP contribution in [0.4, 0.5) is 5.69 Å². The van der Waals surface area contributed by atoms with E-state index in [1.54, 1.807) is 27.5 Å². The summed E-state index contributed by atoms with van der Waals surface area (Å²) in [4.78, 5) is 14.6. The molecule has 1 heterocycles. The number of rotatable bonds is 11.